The zero-order chi connectivity index (χ0) is 16.3. The van der Waals surface area contributed by atoms with Crippen molar-refractivity contribution in [2.75, 3.05) is 24.7 Å². The first kappa shape index (κ1) is 16.6. The van der Waals surface area contributed by atoms with Gasteiger partial charge in [0.05, 0.1) is 4.90 Å². The van der Waals surface area contributed by atoms with Gasteiger partial charge in [0.2, 0.25) is 10.0 Å². The van der Waals surface area contributed by atoms with Gasteiger partial charge in [-0.2, -0.15) is 0 Å². The highest BCUT2D eigenvalue weighted by Crippen LogP contribution is 2.20. The van der Waals surface area contributed by atoms with Crippen molar-refractivity contribution < 1.29 is 8.42 Å². The highest BCUT2D eigenvalue weighted by molar-refractivity contribution is 7.89. The predicted octanol–water partition coefficient (Wildman–Crippen LogP) is 2.47. The molecule has 0 saturated carbocycles. The molecule has 0 amide bonds. The molecule has 2 aromatic rings. The van der Waals surface area contributed by atoms with Gasteiger partial charge in [-0.25, -0.2) is 13.1 Å². The summed E-state index contributed by atoms with van der Waals surface area (Å²) in [4.78, 5) is 2.11. The smallest absolute Gasteiger partial charge is 0.240 e. The van der Waals surface area contributed by atoms with E-state index in [0.29, 0.717) is 16.3 Å². The number of nitrogen functional groups attached to an aromatic ring is 1. The minimum absolute atomic E-state index is 0.108. The molecular formula is C15H18ClN3O2S. The zero-order valence-corrected chi connectivity index (χ0v) is 13.9. The molecule has 0 aromatic heterocycles. The molecule has 0 atom stereocenters. The summed E-state index contributed by atoms with van der Waals surface area (Å²) in [6, 6.07) is 11.6. The molecular weight excluding hydrogens is 322 g/mol. The number of nitrogens with one attached hydrogen (secondary N) is 1. The SMILES string of the molecule is CN(C)c1ccc(S(=O)(=O)NCc2ccc(N)cc2Cl)cc1. The summed E-state index contributed by atoms with van der Waals surface area (Å²) < 4.78 is 27.1. The van der Waals surface area contributed by atoms with Crippen molar-refractivity contribution in [1.29, 1.82) is 0 Å². The fourth-order valence-corrected chi connectivity index (χ4v) is 3.15. The lowest BCUT2D eigenvalue weighted by Gasteiger charge is -2.13. The second kappa shape index (κ2) is 6.56. The van der Waals surface area contributed by atoms with Gasteiger partial charge in [-0.05, 0) is 42.0 Å². The largest absolute Gasteiger partial charge is 0.399 e. The number of nitrogens with zero attached hydrogens (tertiary/aromatic N) is 1. The lowest BCUT2D eigenvalue weighted by atomic mass is 10.2. The average molecular weight is 340 g/mol. The molecule has 0 fully saturated rings. The van der Waals surface area contributed by atoms with Crippen LogP contribution in [0.1, 0.15) is 5.56 Å². The van der Waals surface area contributed by atoms with E-state index >= 15 is 0 Å². The van der Waals surface area contributed by atoms with Crippen molar-refractivity contribution in [1.82, 2.24) is 4.72 Å². The summed E-state index contributed by atoms with van der Waals surface area (Å²) in [5.74, 6) is 0. The summed E-state index contributed by atoms with van der Waals surface area (Å²) >= 11 is 6.04. The third-order valence-electron chi connectivity index (χ3n) is 3.19. The van der Waals surface area contributed by atoms with Gasteiger partial charge in [0.15, 0.2) is 0 Å². The van der Waals surface area contributed by atoms with Gasteiger partial charge in [0, 0.05) is 37.0 Å². The molecule has 7 heteroatoms. The van der Waals surface area contributed by atoms with Crippen LogP contribution < -0.4 is 15.4 Å². The van der Waals surface area contributed by atoms with Crippen molar-refractivity contribution in [2.45, 2.75) is 11.4 Å². The predicted molar refractivity (Wildman–Crippen MR) is 90.7 cm³/mol. The topological polar surface area (TPSA) is 75.4 Å². The Labute approximate surface area is 135 Å². The molecule has 0 aliphatic rings. The van der Waals surface area contributed by atoms with Gasteiger partial charge < -0.3 is 10.6 Å². The Kier molecular flexibility index (Phi) is 4.95. The number of benzene rings is 2. The molecule has 0 aliphatic carbocycles. The lowest BCUT2D eigenvalue weighted by molar-refractivity contribution is 0.581. The van der Waals surface area contributed by atoms with Gasteiger partial charge >= 0.3 is 0 Å². The number of hydrogen-bond donors (Lipinski definition) is 2. The molecule has 2 rings (SSSR count). The highest BCUT2D eigenvalue weighted by atomic mass is 35.5. The normalized spacial score (nSPS) is 11.4. The van der Waals surface area contributed by atoms with Crippen molar-refractivity contribution in [3.8, 4) is 0 Å². The maximum atomic E-state index is 12.3. The number of halogens is 1. The quantitative estimate of drug-likeness (QED) is 0.820. The van der Waals surface area contributed by atoms with Crippen LogP contribution in [0, 0.1) is 0 Å². The van der Waals surface area contributed by atoms with Crippen LogP contribution in [0.5, 0.6) is 0 Å². The van der Waals surface area contributed by atoms with Crippen LogP contribution >= 0.6 is 11.6 Å². The third kappa shape index (κ3) is 3.91. The van der Waals surface area contributed by atoms with Crippen LogP contribution in [-0.2, 0) is 16.6 Å². The van der Waals surface area contributed by atoms with Crippen LogP contribution in [0.25, 0.3) is 0 Å². The summed E-state index contributed by atoms with van der Waals surface area (Å²) in [5, 5.41) is 0.436. The number of sulfonamides is 1. The van der Waals surface area contributed by atoms with Crippen molar-refractivity contribution >= 4 is 33.0 Å². The molecule has 0 aliphatic heterocycles. The van der Waals surface area contributed by atoms with Gasteiger partial charge in [-0.1, -0.05) is 17.7 Å². The Hall–Kier alpha value is -1.76. The van der Waals surface area contributed by atoms with E-state index in [9.17, 15) is 8.42 Å². The van der Waals surface area contributed by atoms with E-state index in [1.54, 1.807) is 42.5 Å². The molecule has 0 bridgehead atoms. The minimum atomic E-state index is -3.59. The molecule has 0 unspecified atom stereocenters. The first-order valence-corrected chi connectivity index (χ1v) is 8.46. The van der Waals surface area contributed by atoms with E-state index in [4.69, 9.17) is 17.3 Å². The average Bonchev–Trinajstić information content (AvgIpc) is 2.46. The molecule has 3 N–H and O–H groups in total. The van der Waals surface area contributed by atoms with E-state index < -0.39 is 10.0 Å². The van der Waals surface area contributed by atoms with Gasteiger partial charge in [0.1, 0.15) is 0 Å². The van der Waals surface area contributed by atoms with Crippen LogP contribution in [0.15, 0.2) is 47.4 Å². The van der Waals surface area contributed by atoms with Gasteiger partial charge in [-0.3, -0.25) is 0 Å². The second-order valence-electron chi connectivity index (χ2n) is 5.06. The molecule has 0 radical (unpaired) electrons. The van der Waals surface area contributed by atoms with Gasteiger partial charge in [-0.15, -0.1) is 0 Å². The van der Waals surface area contributed by atoms with Crippen LogP contribution in [0.2, 0.25) is 5.02 Å². The summed E-state index contributed by atoms with van der Waals surface area (Å²) in [7, 11) is 0.201. The number of anilines is 2. The first-order valence-electron chi connectivity index (χ1n) is 6.60. The fraction of sp³-hybridized carbons (Fsp3) is 0.200. The van der Waals surface area contributed by atoms with E-state index in [1.165, 1.54) is 0 Å². The summed E-state index contributed by atoms with van der Waals surface area (Å²) in [6.07, 6.45) is 0. The summed E-state index contributed by atoms with van der Waals surface area (Å²) in [5.41, 5.74) is 7.75. The van der Waals surface area contributed by atoms with Crippen LogP contribution in [-0.4, -0.2) is 22.5 Å². The number of nitrogens with two attached hydrogens (primary N) is 1. The molecule has 0 spiro atoms. The zero-order valence-electron chi connectivity index (χ0n) is 12.4. The number of rotatable bonds is 5. The molecule has 0 saturated heterocycles. The van der Waals surface area contributed by atoms with E-state index in [-0.39, 0.29) is 11.4 Å². The van der Waals surface area contributed by atoms with E-state index in [1.807, 2.05) is 19.0 Å². The number of hydrogen-bond acceptors (Lipinski definition) is 4. The fourth-order valence-electron chi connectivity index (χ4n) is 1.89. The standard InChI is InChI=1S/C15H18ClN3O2S/c1-19(2)13-5-7-14(8-6-13)22(20,21)18-10-11-3-4-12(17)9-15(11)16/h3-9,18H,10,17H2,1-2H3. The van der Waals surface area contributed by atoms with E-state index in [2.05, 4.69) is 4.72 Å². The monoisotopic (exact) mass is 339 g/mol. The molecule has 22 heavy (non-hydrogen) atoms. The van der Waals surface area contributed by atoms with Crippen LogP contribution in [0.4, 0.5) is 11.4 Å². The maximum Gasteiger partial charge on any atom is 0.240 e. The van der Waals surface area contributed by atoms with Crippen molar-refractivity contribution in [3.63, 3.8) is 0 Å². The van der Waals surface area contributed by atoms with Crippen LogP contribution in [0.3, 0.4) is 0 Å². The Balaban J connectivity index is 2.13. The third-order valence-corrected chi connectivity index (χ3v) is 4.96. The first-order chi connectivity index (χ1) is 10.3. The molecule has 2 aromatic carbocycles. The Bertz CT molecular complexity index is 759. The Morgan fingerprint density at radius 1 is 1.14 bits per heavy atom. The van der Waals surface area contributed by atoms with Crippen molar-refractivity contribution in [2.24, 2.45) is 0 Å². The van der Waals surface area contributed by atoms with Crippen molar-refractivity contribution in [3.05, 3.63) is 53.1 Å². The molecule has 118 valence electrons. The minimum Gasteiger partial charge on any atom is -0.399 e. The van der Waals surface area contributed by atoms with Gasteiger partial charge in [0.25, 0.3) is 0 Å². The van der Waals surface area contributed by atoms with E-state index in [0.717, 1.165) is 5.69 Å². The maximum absolute atomic E-state index is 12.3. The highest BCUT2D eigenvalue weighted by Gasteiger charge is 2.14. The second-order valence-corrected chi connectivity index (χ2v) is 7.24. The Morgan fingerprint density at radius 2 is 1.77 bits per heavy atom. The molecule has 0 heterocycles. The lowest BCUT2D eigenvalue weighted by Crippen LogP contribution is -2.23. The Morgan fingerprint density at radius 3 is 2.32 bits per heavy atom. The molecule has 5 nitrogen and oxygen atoms in total. The summed E-state index contributed by atoms with van der Waals surface area (Å²) in [6.45, 7) is 0.108.